The summed E-state index contributed by atoms with van der Waals surface area (Å²) in [6.45, 7) is 3.52. The van der Waals surface area contributed by atoms with E-state index in [4.69, 9.17) is 4.74 Å². The monoisotopic (exact) mass is 472 g/mol. The first kappa shape index (κ1) is 23.1. The van der Waals surface area contributed by atoms with Crippen LogP contribution >= 0.6 is 0 Å². The summed E-state index contributed by atoms with van der Waals surface area (Å²) in [5.41, 5.74) is 2.19. The molecule has 0 aliphatic heterocycles. The number of carbonyl (C=O) groups is 1. The van der Waals surface area contributed by atoms with Crippen LogP contribution < -0.4 is 10.1 Å². The Kier molecular flexibility index (Phi) is 6.61. The number of aliphatic hydroxyl groups excluding tert-OH is 1. The van der Waals surface area contributed by atoms with Gasteiger partial charge in [0, 0.05) is 24.4 Å². The molecular weight excluding hydrogens is 444 g/mol. The van der Waals surface area contributed by atoms with Gasteiger partial charge in [-0.1, -0.05) is 6.92 Å². The Morgan fingerprint density at radius 3 is 2.82 bits per heavy atom. The zero-order valence-electron chi connectivity index (χ0n) is 18.9. The Balaban J connectivity index is 1.65. The number of hydrogen-bond donors (Lipinski definition) is 2. The SMILES string of the molecule is CCS(C)(=O)=NC(=O)c1cn2ncnc(Nc3cccnc3OC3CCC(O)CC3)c2c1C. The van der Waals surface area contributed by atoms with Crippen LogP contribution in [0.1, 0.15) is 48.5 Å². The van der Waals surface area contributed by atoms with E-state index in [-0.39, 0.29) is 12.2 Å². The maximum absolute atomic E-state index is 12.7. The number of ether oxygens (including phenoxy) is 1. The maximum atomic E-state index is 12.7. The number of aliphatic hydroxyl groups is 1. The van der Waals surface area contributed by atoms with E-state index >= 15 is 0 Å². The van der Waals surface area contributed by atoms with Gasteiger partial charge in [-0.2, -0.15) is 9.46 Å². The zero-order chi connectivity index (χ0) is 23.6. The predicted molar refractivity (Wildman–Crippen MR) is 126 cm³/mol. The average Bonchev–Trinajstić information content (AvgIpc) is 3.14. The van der Waals surface area contributed by atoms with Crippen LogP contribution in [-0.2, 0) is 9.73 Å². The predicted octanol–water partition coefficient (Wildman–Crippen LogP) is 3.12. The van der Waals surface area contributed by atoms with Crippen molar-refractivity contribution in [1.82, 2.24) is 19.6 Å². The number of aryl methyl sites for hydroxylation is 1. The summed E-state index contributed by atoms with van der Waals surface area (Å²) in [6.07, 6.45) is 8.75. The molecule has 3 heterocycles. The van der Waals surface area contributed by atoms with E-state index in [0.717, 1.165) is 12.8 Å². The fourth-order valence-corrected chi connectivity index (χ4v) is 4.36. The average molecular weight is 473 g/mol. The number of hydrogen-bond acceptors (Lipinski definition) is 8. The standard InChI is InChI=1S/C22H28N6O4S/c1-4-33(3,31)27-21(30)17-12-28-19(14(17)2)20(24-13-25-28)26-18-6-5-11-23-22(18)32-16-9-7-15(29)8-10-16/h5-6,11-13,15-16,29H,4,7-10H2,1-3H3,(H,24,25,26). The number of rotatable bonds is 6. The van der Waals surface area contributed by atoms with Gasteiger partial charge >= 0.3 is 0 Å². The number of amides is 1. The van der Waals surface area contributed by atoms with Crippen molar-refractivity contribution in [2.75, 3.05) is 17.3 Å². The number of aromatic nitrogens is 4. The molecule has 1 unspecified atom stereocenters. The van der Waals surface area contributed by atoms with E-state index in [1.165, 1.54) is 12.6 Å². The first-order valence-electron chi connectivity index (χ1n) is 10.9. The van der Waals surface area contributed by atoms with Crippen molar-refractivity contribution in [1.29, 1.82) is 0 Å². The lowest BCUT2D eigenvalue weighted by molar-refractivity contribution is 0.0647. The van der Waals surface area contributed by atoms with E-state index in [1.807, 2.05) is 6.07 Å². The molecule has 1 saturated carbocycles. The van der Waals surface area contributed by atoms with Crippen molar-refractivity contribution < 1.29 is 18.8 Å². The van der Waals surface area contributed by atoms with Gasteiger partial charge in [-0.15, -0.1) is 0 Å². The van der Waals surface area contributed by atoms with Crippen LogP contribution in [0.15, 0.2) is 35.2 Å². The number of anilines is 2. The molecule has 0 aromatic carbocycles. The van der Waals surface area contributed by atoms with Gasteiger partial charge in [0.2, 0.25) is 5.88 Å². The quantitative estimate of drug-likeness (QED) is 0.559. The molecule has 1 atom stereocenters. The van der Waals surface area contributed by atoms with Crippen LogP contribution in [0.4, 0.5) is 11.5 Å². The van der Waals surface area contributed by atoms with Crippen molar-refractivity contribution in [3.63, 3.8) is 0 Å². The van der Waals surface area contributed by atoms with Gasteiger partial charge in [0.15, 0.2) is 5.82 Å². The summed E-state index contributed by atoms with van der Waals surface area (Å²) < 4.78 is 23.9. The molecule has 3 aromatic heterocycles. The van der Waals surface area contributed by atoms with E-state index in [9.17, 15) is 14.1 Å². The molecular formula is C22H28N6O4S. The Morgan fingerprint density at radius 2 is 2.09 bits per heavy atom. The van der Waals surface area contributed by atoms with Gasteiger partial charge in [-0.25, -0.2) is 18.7 Å². The van der Waals surface area contributed by atoms with Crippen molar-refractivity contribution in [2.45, 2.75) is 51.7 Å². The molecule has 1 aliphatic carbocycles. The van der Waals surface area contributed by atoms with Gasteiger partial charge in [0.1, 0.15) is 23.6 Å². The number of nitrogens with zero attached hydrogens (tertiary/aromatic N) is 5. The molecule has 1 fully saturated rings. The summed E-state index contributed by atoms with van der Waals surface area (Å²) in [5.74, 6) is 0.677. The van der Waals surface area contributed by atoms with Crippen LogP contribution in [0.3, 0.4) is 0 Å². The second-order valence-electron chi connectivity index (χ2n) is 8.24. The molecule has 3 aromatic rings. The Morgan fingerprint density at radius 1 is 1.33 bits per heavy atom. The summed E-state index contributed by atoms with van der Waals surface area (Å²) in [4.78, 5) is 21.4. The lowest BCUT2D eigenvalue weighted by Crippen LogP contribution is -2.27. The van der Waals surface area contributed by atoms with Crippen LogP contribution in [-0.4, -0.2) is 59.0 Å². The highest BCUT2D eigenvalue weighted by Gasteiger charge is 2.23. The fraction of sp³-hybridized carbons (Fsp3) is 0.455. The molecule has 0 bridgehead atoms. The highest BCUT2D eigenvalue weighted by molar-refractivity contribution is 7.93. The van der Waals surface area contributed by atoms with E-state index in [1.54, 1.807) is 36.8 Å². The molecule has 0 spiro atoms. The van der Waals surface area contributed by atoms with E-state index in [0.29, 0.717) is 52.6 Å². The number of pyridine rings is 1. The molecule has 10 nitrogen and oxygen atoms in total. The van der Waals surface area contributed by atoms with Crippen LogP contribution in [0.2, 0.25) is 0 Å². The summed E-state index contributed by atoms with van der Waals surface area (Å²) in [6, 6.07) is 3.63. The van der Waals surface area contributed by atoms with Gasteiger partial charge in [0.05, 0.1) is 21.4 Å². The van der Waals surface area contributed by atoms with Gasteiger partial charge in [0.25, 0.3) is 5.91 Å². The minimum Gasteiger partial charge on any atom is -0.473 e. The zero-order valence-corrected chi connectivity index (χ0v) is 19.7. The third-order valence-electron chi connectivity index (χ3n) is 5.82. The van der Waals surface area contributed by atoms with E-state index in [2.05, 4.69) is 24.7 Å². The topological polar surface area (TPSA) is 131 Å². The lowest BCUT2D eigenvalue weighted by atomic mass is 9.95. The number of nitrogens with one attached hydrogen (secondary N) is 1. The first-order valence-corrected chi connectivity index (χ1v) is 13.0. The Hall–Kier alpha value is -3.05. The summed E-state index contributed by atoms with van der Waals surface area (Å²) in [5, 5.41) is 17.2. The highest BCUT2D eigenvalue weighted by atomic mass is 32.2. The molecule has 11 heteroatoms. The largest absolute Gasteiger partial charge is 0.473 e. The Labute approximate surface area is 192 Å². The normalized spacial score (nSPS) is 20.2. The van der Waals surface area contributed by atoms with Gasteiger partial charge < -0.3 is 15.2 Å². The van der Waals surface area contributed by atoms with Gasteiger partial charge in [-0.05, 0) is 50.3 Å². The summed E-state index contributed by atoms with van der Waals surface area (Å²) >= 11 is 0. The molecule has 33 heavy (non-hydrogen) atoms. The maximum Gasteiger partial charge on any atom is 0.286 e. The molecule has 176 valence electrons. The fourth-order valence-electron chi connectivity index (χ4n) is 3.79. The molecule has 2 N–H and O–H groups in total. The number of carbonyl (C=O) groups excluding carboxylic acids is 1. The van der Waals surface area contributed by atoms with Gasteiger partial charge in [-0.3, -0.25) is 4.79 Å². The molecule has 0 saturated heterocycles. The second-order valence-corrected chi connectivity index (χ2v) is 10.9. The molecule has 0 radical (unpaired) electrons. The van der Waals surface area contributed by atoms with Crippen molar-refractivity contribution in [2.24, 2.45) is 4.36 Å². The van der Waals surface area contributed by atoms with Crippen molar-refractivity contribution in [3.05, 3.63) is 42.0 Å². The van der Waals surface area contributed by atoms with E-state index < -0.39 is 15.6 Å². The molecule has 1 aliphatic rings. The smallest absolute Gasteiger partial charge is 0.286 e. The first-order chi connectivity index (χ1) is 15.8. The van der Waals surface area contributed by atoms with Crippen molar-refractivity contribution in [3.8, 4) is 5.88 Å². The minimum absolute atomic E-state index is 0.0161. The third-order valence-corrected chi connectivity index (χ3v) is 7.44. The number of fused-ring (bicyclic) bond motifs is 1. The Bertz CT molecular complexity index is 1290. The van der Waals surface area contributed by atoms with Crippen LogP contribution in [0.5, 0.6) is 5.88 Å². The molecule has 1 amide bonds. The van der Waals surface area contributed by atoms with Crippen LogP contribution in [0.25, 0.3) is 5.52 Å². The second kappa shape index (κ2) is 9.44. The third kappa shape index (κ3) is 5.14. The molecule has 4 rings (SSSR count). The lowest BCUT2D eigenvalue weighted by Gasteiger charge is -2.26. The van der Waals surface area contributed by atoms with Crippen molar-refractivity contribution >= 4 is 32.7 Å². The highest BCUT2D eigenvalue weighted by Crippen LogP contribution is 2.31. The van der Waals surface area contributed by atoms with Crippen LogP contribution in [0, 0.1) is 6.92 Å². The summed E-state index contributed by atoms with van der Waals surface area (Å²) in [7, 11) is -2.58. The minimum atomic E-state index is -2.58.